The first kappa shape index (κ1) is 18.4. The van der Waals surface area contributed by atoms with Crippen LogP contribution in [0.4, 0.5) is 5.69 Å². The lowest BCUT2D eigenvalue weighted by atomic mass is 10.00. The van der Waals surface area contributed by atoms with E-state index in [1.54, 1.807) is 4.90 Å². The van der Waals surface area contributed by atoms with Gasteiger partial charge in [0.15, 0.2) is 6.61 Å². The lowest BCUT2D eigenvalue weighted by molar-refractivity contribution is -0.384. The summed E-state index contributed by atoms with van der Waals surface area (Å²) in [7, 11) is 1.34. The molecular weight excluding hydrogens is 352 g/mol. The molecule has 8 nitrogen and oxygen atoms in total. The van der Waals surface area contributed by atoms with Crippen molar-refractivity contribution in [1.29, 1.82) is 0 Å². The zero-order chi connectivity index (χ0) is 19.4. The normalized spacial score (nSPS) is 12.9. The molecule has 0 aliphatic carbocycles. The molecule has 1 amide bonds. The highest BCUT2D eigenvalue weighted by atomic mass is 16.6. The molecule has 0 bridgehead atoms. The molecule has 0 saturated carbocycles. The molecule has 0 unspecified atom stereocenters. The number of ether oxygens (including phenoxy) is 2. The van der Waals surface area contributed by atoms with Crippen LogP contribution in [0.3, 0.4) is 0 Å². The molecule has 1 aliphatic heterocycles. The molecule has 1 aliphatic rings. The zero-order valence-corrected chi connectivity index (χ0v) is 14.7. The fourth-order valence-electron chi connectivity index (χ4n) is 2.97. The summed E-state index contributed by atoms with van der Waals surface area (Å²) in [5.41, 5.74) is 1.92. The van der Waals surface area contributed by atoms with Crippen LogP contribution in [-0.4, -0.2) is 42.0 Å². The molecule has 0 radical (unpaired) electrons. The highest BCUT2D eigenvalue weighted by Crippen LogP contribution is 2.25. The van der Waals surface area contributed by atoms with Gasteiger partial charge in [0, 0.05) is 25.2 Å². The summed E-state index contributed by atoms with van der Waals surface area (Å²) in [5, 5.41) is 10.9. The van der Waals surface area contributed by atoms with E-state index < -0.39 is 17.5 Å². The summed E-state index contributed by atoms with van der Waals surface area (Å²) in [6.07, 6.45) is 0.745. The minimum atomic E-state index is -0.846. The number of rotatable bonds is 5. The molecule has 0 fully saturated rings. The molecule has 27 heavy (non-hydrogen) atoms. The van der Waals surface area contributed by atoms with Crippen LogP contribution in [0.25, 0.3) is 0 Å². The largest absolute Gasteiger partial charge is 0.496 e. The third-order valence-electron chi connectivity index (χ3n) is 4.42. The monoisotopic (exact) mass is 370 g/mol. The smallest absolute Gasteiger partial charge is 0.342 e. The molecule has 0 aromatic heterocycles. The summed E-state index contributed by atoms with van der Waals surface area (Å²) in [4.78, 5) is 36.6. The minimum absolute atomic E-state index is 0.0940. The second kappa shape index (κ2) is 7.86. The number of hydrogen-bond acceptors (Lipinski definition) is 6. The van der Waals surface area contributed by atoms with Crippen molar-refractivity contribution in [2.75, 3.05) is 20.3 Å². The maximum Gasteiger partial charge on any atom is 0.342 e. The van der Waals surface area contributed by atoms with Gasteiger partial charge in [-0.15, -0.1) is 0 Å². The van der Waals surface area contributed by atoms with Gasteiger partial charge in [-0.2, -0.15) is 0 Å². The molecule has 140 valence electrons. The van der Waals surface area contributed by atoms with E-state index in [1.807, 2.05) is 24.3 Å². The van der Waals surface area contributed by atoms with E-state index in [4.69, 9.17) is 9.47 Å². The van der Waals surface area contributed by atoms with E-state index in [2.05, 4.69) is 0 Å². The first-order chi connectivity index (χ1) is 13.0. The van der Waals surface area contributed by atoms with Crippen LogP contribution in [-0.2, 0) is 22.5 Å². The van der Waals surface area contributed by atoms with Crippen molar-refractivity contribution >= 4 is 17.6 Å². The van der Waals surface area contributed by atoms with Crippen LogP contribution in [0.5, 0.6) is 5.75 Å². The Morgan fingerprint density at radius 1 is 1.19 bits per heavy atom. The van der Waals surface area contributed by atoms with Crippen molar-refractivity contribution < 1.29 is 24.0 Å². The van der Waals surface area contributed by atoms with Crippen molar-refractivity contribution in [3.8, 4) is 5.75 Å². The van der Waals surface area contributed by atoms with Gasteiger partial charge in [-0.1, -0.05) is 24.3 Å². The van der Waals surface area contributed by atoms with E-state index in [0.29, 0.717) is 13.1 Å². The molecule has 1 heterocycles. The summed E-state index contributed by atoms with van der Waals surface area (Å²) < 4.78 is 10.1. The number of non-ortho nitro benzene ring substituents is 1. The van der Waals surface area contributed by atoms with E-state index in [-0.39, 0.29) is 22.9 Å². The first-order valence-corrected chi connectivity index (χ1v) is 8.33. The fourth-order valence-corrected chi connectivity index (χ4v) is 2.97. The second-order valence-corrected chi connectivity index (χ2v) is 6.05. The predicted molar refractivity (Wildman–Crippen MR) is 95.5 cm³/mol. The average molecular weight is 370 g/mol. The molecule has 0 spiro atoms. The Labute approximate surface area is 155 Å². The molecule has 8 heteroatoms. The Morgan fingerprint density at radius 3 is 2.63 bits per heavy atom. The van der Waals surface area contributed by atoms with Gasteiger partial charge < -0.3 is 14.4 Å². The Balaban J connectivity index is 1.65. The Hall–Kier alpha value is -3.42. The SMILES string of the molecule is COc1ccc([N+](=O)[O-])cc1C(=O)OCC(=O)N1CCc2ccccc2C1. The number of amides is 1. The Morgan fingerprint density at radius 2 is 1.93 bits per heavy atom. The number of esters is 1. The lowest BCUT2D eigenvalue weighted by Crippen LogP contribution is -2.38. The van der Waals surface area contributed by atoms with Gasteiger partial charge in [0.05, 0.1) is 12.0 Å². The third kappa shape index (κ3) is 4.05. The zero-order valence-electron chi connectivity index (χ0n) is 14.7. The van der Waals surface area contributed by atoms with Gasteiger partial charge in [-0.25, -0.2) is 4.79 Å². The molecular formula is C19H18N2O6. The summed E-state index contributed by atoms with van der Waals surface area (Å²) in [5.74, 6) is -1.02. The first-order valence-electron chi connectivity index (χ1n) is 8.33. The molecule has 2 aromatic rings. The van der Waals surface area contributed by atoms with Crippen LogP contribution < -0.4 is 4.74 Å². The molecule has 0 N–H and O–H groups in total. The third-order valence-corrected chi connectivity index (χ3v) is 4.42. The van der Waals surface area contributed by atoms with Crippen LogP contribution in [0, 0.1) is 10.1 Å². The Kier molecular flexibility index (Phi) is 5.35. The van der Waals surface area contributed by atoms with Crippen LogP contribution in [0.1, 0.15) is 21.5 Å². The number of carbonyl (C=O) groups excluding carboxylic acids is 2. The van der Waals surface area contributed by atoms with Gasteiger partial charge in [0.1, 0.15) is 11.3 Å². The molecule has 0 saturated heterocycles. The highest BCUT2D eigenvalue weighted by Gasteiger charge is 2.23. The van der Waals surface area contributed by atoms with Crippen molar-refractivity contribution in [2.24, 2.45) is 0 Å². The Bertz CT molecular complexity index is 896. The van der Waals surface area contributed by atoms with E-state index >= 15 is 0 Å². The number of hydrogen-bond donors (Lipinski definition) is 0. The standard InChI is InChI=1S/C19H18N2O6/c1-26-17-7-6-15(21(24)25)10-16(17)19(23)27-12-18(22)20-9-8-13-4-2-3-5-14(13)11-20/h2-7,10H,8-9,11-12H2,1H3. The quantitative estimate of drug-likeness (QED) is 0.455. The maximum atomic E-state index is 12.4. The number of nitrogens with zero attached hydrogens (tertiary/aromatic N) is 2. The van der Waals surface area contributed by atoms with Gasteiger partial charge in [-0.05, 0) is 23.6 Å². The topological polar surface area (TPSA) is 99.0 Å². The lowest BCUT2D eigenvalue weighted by Gasteiger charge is -2.28. The van der Waals surface area contributed by atoms with Gasteiger partial charge in [0.25, 0.3) is 11.6 Å². The van der Waals surface area contributed by atoms with Crippen LogP contribution in [0.15, 0.2) is 42.5 Å². The number of fused-ring (bicyclic) bond motifs is 1. The molecule has 2 aromatic carbocycles. The number of methoxy groups -OCH3 is 1. The van der Waals surface area contributed by atoms with Crippen molar-refractivity contribution in [3.63, 3.8) is 0 Å². The number of benzene rings is 2. The van der Waals surface area contributed by atoms with E-state index in [1.165, 1.54) is 24.8 Å². The van der Waals surface area contributed by atoms with Gasteiger partial charge in [0.2, 0.25) is 0 Å². The highest BCUT2D eigenvalue weighted by molar-refractivity contribution is 5.94. The van der Waals surface area contributed by atoms with Crippen molar-refractivity contribution in [3.05, 3.63) is 69.3 Å². The predicted octanol–water partition coefficient (Wildman–Crippen LogP) is 2.35. The number of nitro groups is 1. The second-order valence-electron chi connectivity index (χ2n) is 6.05. The fraction of sp³-hybridized carbons (Fsp3) is 0.263. The van der Waals surface area contributed by atoms with Crippen molar-refractivity contribution in [2.45, 2.75) is 13.0 Å². The maximum absolute atomic E-state index is 12.4. The average Bonchev–Trinajstić information content (AvgIpc) is 2.70. The van der Waals surface area contributed by atoms with E-state index in [0.717, 1.165) is 18.1 Å². The van der Waals surface area contributed by atoms with Crippen LogP contribution in [0.2, 0.25) is 0 Å². The summed E-state index contributed by atoms with van der Waals surface area (Å²) in [6.45, 7) is 0.576. The van der Waals surface area contributed by atoms with Crippen LogP contribution >= 0.6 is 0 Å². The van der Waals surface area contributed by atoms with Gasteiger partial charge in [-0.3, -0.25) is 14.9 Å². The number of carbonyl (C=O) groups is 2. The van der Waals surface area contributed by atoms with Gasteiger partial charge >= 0.3 is 5.97 Å². The van der Waals surface area contributed by atoms with E-state index in [9.17, 15) is 19.7 Å². The summed E-state index contributed by atoms with van der Waals surface area (Å²) >= 11 is 0. The minimum Gasteiger partial charge on any atom is -0.496 e. The number of nitro benzene ring substituents is 1. The summed E-state index contributed by atoms with van der Waals surface area (Å²) in [6, 6.07) is 11.5. The molecule has 3 rings (SSSR count). The molecule has 0 atom stereocenters. The van der Waals surface area contributed by atoms with Crippen molar-refractivity contribution in [1.82, 2.24) is 4.90 Å².